The molecule has 3 nitrogen and oxygen atoms in total. The van der Waals surface area contributed by atoms with Gasteiger partial charge in [0, 0.05) is 22.8 Å². The lowest BCUT2D eigenvalue weighted by Gasteiger charge is -2.10. The lowest BCUT2D eigenvalue weighted by molar-refractivity contribution is 0.560. The maximum absolute atomic E-state index is 4.75. The van der Waals surface area contributed by atoms with Crippen molar-refractivity contribution in [3.05, 3.63) is 34.6 Å². The molecule has 2 rings (SSSR count). The maximum atomic E-state index is 4.75. The Bertz CT molecular complexity index is 493. The predicted molar refractivity (Wildman–Crippen MR) is 77.6 cm³/mol. The van der Waals surface area contributed by atoms with E-state index >= 15 is 0 Å². The van der Waals surface area contributed by atoms with Gasteiger partial charge in [-0.2, -0.15) is 0 Å². The average molecular weight is 263 g/mol. The van der Waals surface area contributed by atoms with Crippen LogP contribution in [0.5, 0.6) is 0 Å². The van der Waals surface area contributed by atoms with Crippen LogP contribution in [0.25, 0.3) is 5.13 Å². The van der Waals surface area contributed by atoms with Gasteiger partial charge in [-0.05, 0) is 45.9 Å². The first-order valence-electron chi connectivity index (χ1n) is 6.47. The molecule has 18 heavy (non-hydrogen) atoms. The van der Waals surface area contributed by atoms with Crippen LogP contribution < -0.4 is 5.32 Å². The van der Waals surface area contributed by atoms with Gasteiger partial charge in [0.1, 0.15) is 0 Å². The van der Waals surface area contributed by atoms with E-state index in [1.165, 1.54) is 11.4 Å². The van der Waals surface area contributed by atoms with Crippen LogP contribution in [-0.2, 0) is 0 Å². The summed E-state index contributed by atoms with van der Waals surface area (Å²) in [7, 11) is 0. The van der Waals surface area contributed by atoms with Gasteiger partial charge >= 0.3 is 0 Å². The number of hydrogen-bond acceptors (Lipinski definition) is 3. The minimum absolute atomic E-state index is 0.325. The Morgan fingerprint density at radius 2 is 2.00 bits per heavy atom. The molecule has 2 aromatic heterocycles. The average Bonchev–Trinajstić information content (AvgIpc) is 2.93. The third-order valence-corrected chi connectivity index (χ3v) is 3.96. The fourth-order valence-electron chi connectivity index (χ4n) is 2.01. The van der Waals surface area contributed by atoms with Crippen LogP contribution in [0.15, 0.2) is 17.5 Å². The van der Waals surface area contributed by atoms with Gasteiger partial charge in [-0.1, -0.05) is 6.92 Å². The molecule has 0 saturated heterocycles. The Hall–Kier alpha value is -1.13. The first-order valence-corrected chi connectivity index (χ1v) is 7.35. The molecule has 2 heterocycles. The van der Waals surface area contributed by atoms with Gasteiger partial charge in [0.25, 0.3) is 0 Å². The molecule has 0 aliphatic carbocycles. The largest absolute Gasteiger partial charge is 0.309 e. The number of hydrogen-bond donors (Lipinski definition) is 1. The lowest BCUT2D eigenvalue weighted by atomic mass is 10.2. The van der Waals surface area contributed by atoms with E-state index in [0.29, 0.717) is 6.04 Å². The highest BCUT2D eigenvalue weighted by atomic mass is 32.1. The lowest BCUT2D eigenvalue weighted by Crippen LogP contribution is -2.19. The Kier molecular flexibility index (Phi) is 4.19. The second-order valence-electron chi connectivity index (χ2n) is 4.68. The van der Waals surface area contributed by atoms with Crippen molar-refractivity contribution >= 4 is 11.3 Å². The van der Waals surface area contributed by atoms with Gasteiger partial charge in [0.2, 0.25) is 0 Å². The van der Waals surface area contributed by atoms with E-state index in [4.69, 9.17) is 4.98 Å². The SMILES string of the molecule is CCCNC(C)c1csc(-n2c(C)ccc2C)n1. The third-order valence-electron chi connectivity index (χ3n) is 3.12. The second-order valence-corrected chi connectivity index (χ2v) is 5.52. The van der Waals surface area contributed by atoms with E-state index in [0.717, 1.165) is 23.8 Å². The molecule has 0 bridgehead atoms. The van der Waals surface area contributed by atoms with E-state index in [1.807, 2.05) is 0 Å². The minimum atomic E-state index is 0.325. The molecule has 4 heteroatoms. The first kappa shape index (κ1) is 13.3. The van der Waals surface area contributed by atoms with Crippen molar-refractivity contribution in [2.24, 2.45) is 0 Å². The van der Waals surface area contributed by atoms with Crippen LogP contribution in [0, 0.1) is 13.8 Å². The zero-order valence-electron chi connectivity index (χ0n) is 11.5. The van der Waals surface area contributed by atoms with Gasteiger partial charge in [-0.15, -0.1) is 11.3 Å². The molecule has 0 aliphatic heterocycles. The fourth-order valence-corrected chi connectivity index (χ4v) is 3.05. The number of thiazole rings is 1. The molecule has 0 spiro atoms. The smallest absolute Gasteiger partial charge is 0.194 e. The zero-order valence-corrected chi connectivity index (χ0v) is 12.3. The molecule has 1 N–H and O–H groups in total. The summed E-state index contributed by atoms with van der Waals surface area (Å²) >= 11 is 1.71. The zero-order chi connectivity index (χ0) is 13.1. The molecule has 98 valence electrons. The summed E-state index contributed by atoms with van der Waals surface area (Å²) in [4.78, 5) is 4.75. The van der Waals surface area contributed by atoms with Crippen LogP contribution >= 0.6 is 11.3 Å². The van der Waals surface area contributed by atoms with Crippen molar-refractivity contribution in [1.82, 2.24) is 14.9 Å². The summed E-state index contributed by atoms with van der Waals surface area (Å²) in [6.07, 6.45) is 1.15. The Labute approximate surface area is 113 Å². The highest BCUT2D eigenvalue weighted by Gasteiger charge is 2.12. The maximum Gasteiger partial charge on any atom is 0.194 e. The van der Waals surface area contributed by atoms with Crippen LogP contribution in [0.3, 0.4) is 0 Å². The molecule has 0 fully saturated rings. The Morgan fingerprint density at radius 3 is 2.61 bits per heavy atom. The topological polar surface area (TPSA) is 29.9 Å². The van der Waals surface area contributed by atoms with Crippen molar-refractivity contribution in [3.63, 3.8) is 0 Å². The van der Waals surface area contributed by atoms with Gasteiger partial charge in [-0.3, -0.25) is 4.57 Å². The summed E-state index contributed by atoms with van der Waals surface area (Å²) in [5.74, 6) is 0. The van der Waals surface area contributed by atoms with E-state index in [1.54, 1.807) is 11.3 Å². The van der Waals surface area contributed by atoms with Gasteiger partial charge < -0.3 is 5.32 Å². The monoisotopic (exact) mass is 263 g/mol. The summed E-state index contributed by atoms with van der Waals surface area (Å²) in [6.45, 7) is 9.62. The van der Waals surface area contributed by atoms with Gasteiger partial charge in [0.05, 0.1) is 5.69 Å². The van der Waals surface area contributed by atoms with E-state index in [2.05, 4.69) is 55.1 Å². The summed E-state index contributed by atoms with van der Waals surface area (Å²) in [5.41, 5.74) is 3.61. The molecule has 0 saturated carbocycles. The molecular formula is C14H21N3S. The predicted octanol–water partition coefficient (Wildman–Crippen LogP) is 3.61. The van der Waals surface area contributed by atoms with E-state index in [9.17, 15) is 0 Å². The summed E-state index contributed by atoms with van der Waals surface area (Å²) in [6, 6.07) is 4.59. The molecule has 0 amide bonds. The minimum Gasteiger partial charge on any atom is -0.309 e. The number of rotatable bonds is 5. The number of aryl methyl sites for hydroxylation is 2. The van der Waals surface area contributed by atoms with Crippen LogP contribution in [0.2, 0.25) is 0 Å². The second kappa shape index (κ2) is 5.67. The van der Waals surface area contributed by atoms with E-state index in [-0.39, 0.29) is 0 Å². The van der Waals surface area contributed by atoms with Gasteiger partial charge in [0.15, 0.2) is 5.13 Å². The van der Waals surface area contributed by atoms with Crippen LogP contribution in [-0.4, -0.2) is 16.1 Å². The summed E-state index contributed by atoms with van der Waals surface area (Å²) < 4.78 is 2.21. The number of aromatic nitrogens is 2. The first-order chi connectivity index (χ1) is 8.63. The highest BCUT2D eigenvalue weighted by molar-refractivity contribution is 7.12. The quantitative estimate of drug-likeness (QED) is 0.893. The molecule has 0 aromatic carbocycles. The molecule has 1 atom stereocenters. The van der Waals surface area contributed by atoms with Crippen molar-refractivity contribution in [2.45, 2.75) is 40.2 Å². The number of nitrogens with zero attached hydrogens (tertiary/aromatic N) is 2. The Balaban J connectivity index is 2.20. The standard InChI is InChI=1S/C14H21N3S/c1-5-8-15-12(4)13-9-18-14(16-13)17-10(2)6-7-11(17)3/h6-7,9,12,15H,5,8H2,1-4H3. The molecule has 0 radical (unpaired) electrons. The van der Waals surface area contributed by atoms with Gasteiger partial charge in [-0.25, -0.2) is 4.98 Å². The summed E-state index contributed by atoms with van der Waals surface area (Å²) in [5, 5.41) is 6.69. The molecule has 1 unspecified atom stereocenters. The molecule has 0 aliphatic rings. The highest BCUT2D eigenvalue weighted by Crippen LogP contribution is 2.23. The van der Waals surface area contributed by atoms with E-state index < -0.39 is 0 Å². The van der Waals surface area contributed by atoms with Crippen molar-refractivity contribution in [2.75, 3.05) is 6.54 Å². The fraction of sp³-hybridized carbons (Fsp3) is 0.500. The van der Waals surface area contributed by atoms with Crippen LogP contribution in [0.1, 0.15) is 43.4 Å². The van der Waals surface area contributed by atoms with Crippen molar-refractivity contribution < 1.29 is 0 Å². The Morgan fingerprint density at radius 1 is 1.33 bits per heavy atom. The van der Waals surface area contributed by atoms with Crippen LogP contribution in [0.4, 0.5) is 0 Å². The third kappa shape index (κ3) is 2.65. The van der Waals surface area contributed by atoms with Crippen molar-refractivity contribution in [1.29, 1.82) is 0 Å². The number of nitrogens with one attached hydrogen (secondary N) is 1. The molecule has 2 aromatic rings. The molecular weight excluding hydrogens is 242 g/mol. The van der Waals surface area contributed by atoms with Crippen molar-refractivity contribution in [3.8, 4) is 5.13 Å². The normalized spacial score (nSPS) is 12.9.